The fourth-order valence-corrected chi connectivity index (χ4v) is 3.84. The van der Waals surface area contributed by atoms with Gasteiger partial charge in [0.15, 0.2) is 0 Å². The molecule has 4 rings (SSSR count). The lowest BCUT2D eigenvalue weighted by molar-refractivity contribution is -0.260. The lowest BCUT2D eigenvalue weighted by Gasteiger charge is -2.33. The van der Waals surface area contributed by atoms with Gasteiger partial charge in [0.1, 0.15) is 17.5 Å². The van der Waals surface area contributed by atoms with Crippen LogP contribution in [0.4, 0.5) is 26.3 Å². The Morgan fingerprint density at radius 3 is 2.39 bits per heavy atom. The fourth-order valence-electron chi connectivity index (χ4n) is 3.84. The van der Waals surface area contributed by atoms with Crippen LogP contribution < -0.4 is 5.32 Å². The maximum Gasteiger partial charge on any atom is 0.412 e. The largest absolute Gasteiger partial charge is 0.412 e. The van der Waals surface area contributed by atoms with Gasteiger partial charge < -0.3 is 4.98 Å². The molecular formula is C16H16F6N6. The summed E-state index contributed by atoms with van der Waals surface area (Å²) in [5.74, 6) is -0.0914. The summed E-state index contributed by atoms with van der Waals surface area (Å²) in [7, 11) is 0. The molecule has 0 amide bonds. The van der Waals surface area contributed by atoms with Crippen LogP contribution in [0.5, 0.6) is 0 Å². The van der Waals surface area contributed by atoms with E-state index in [0.717, 1.165) is 10.9 Å². The van der Waals surface area contributed by atoms with E-state index in [2.05, 4.69) is 20.3 Å². The van der Waals surface area contributed by atoms with E-state index >= 15 is 0 Å². The minimum absolute atomic E-state index is 0.0914. The summed E-state index contributed by atoms with van der Waals surface area (Å²) in [5.41, 5.74) is 2.10. The number of H-pyrrole nitrogens is 1. The second-order valence-electron chi connectivity index (χ2n) is 6.98. The topological polar surface area (TPSA) is 70.9 Å². The molecule has 0 atom stereocenters. The number of rotatable bonds is 3. The molecule has 28 heavy (non-hydrogen) atoms. The SMILES string of the molecule is FC(F)(F)C(NC1CCC(c2nnn3cnc4[nH]ccc4c23)CC1)C(F)(F)F. The first-order chi connectivity index (χ1) is 13.1. The maximum atomic E-state index is 12.8. The van der Waals surface area contributed by atoms with Crippen molar-refractivity contribution >= 4 is 16.6 Å². The van der Waals surface area contributed by atoms with E-state index in [1.54, 1.807) is 11.5 Å². The van der Waals surface area contributed by atoms with Crippen molar-refractivity contribution in [1.29, 1.82) is 0 Å². The standard InChI is InChI=1S/C16H16F6N6/c17-15(18,19)14(16(20,21)22)25-9-3-1-8(2-4-9)11-12-10-5-6-23-13(10)24-7-28(12)27-26-11/h5-9,14,23,25H,1-4H2. The van der Waals surface area contributed by atoms with Crippen molar-refractivity contribution in [3.63, 3.8) is 0 Å². The van der Waals surface area contributed by atoms with Crippen molar-refractivity contribution in [2.75, 3.05) is 0 Å². The molecule has 12 heteroatoms. The molecule has 0 radical (unpaired) electrons. The summed E-state index contributed by atoms with van der Waals surface area (Å²) in [4.78, 5) is 7.19. The Balaban J connectivity index is 1.50. The van der Waals surface area contributed by atoms with Gasteiger partial charge in [-0.05, 0) is 31.7 Å². The van der Waals surface area contributed by atoms with E-state index in [-0.39, 0.29) is 18.8 Å². The molecule has 0 unspecified atom stereocenters. The number of alkyl halides is 6. The summed E-state index contributed by atoms with van der Waals surface area (Å²) < 4.78 is 78.0. The molecule has 0 spiro atoms. The fraction of sp³-hybridized carbons (Fsp3) is 0.562. The zero-order valence-corrected chi connectivity index (χ0v) is 14.3. The molecule has 2 N–H and O–H groups in total. The zero-order chi connectivity index (χ0) is 20.1. The normalized spacial score (nSPS) is 21.8. The first kappa shape index (κ1) is 19.0. The van der Waals surface area contributed by atoms with E-state index in [9.17, 15) is 26.3 Å². The summed E-state index contributed by atoms with van der Waals surface area (Å²) in [5, 5.41) is 10.8. The number of hydrogen-bond donors (Lipinski definition) is 2. The Bertz CT molecular complexity index is 951. The minimum atomic E-state index is -5.38. The van der Waals surface area contributed by atoms with Crippen molar-refractivity contribution in [2.24, 2.45) is 0 Å². The van der Waals surface area contributed by atoms with Crippen molar-refractivity contribution in [3.8, 4) is 0 Å². The third-order valence-electron chi connectivity index (χ3n) is 5.17. The van der Waals surface area contributed by atoms with Gasteiger partial charge in [-0.2, -0.15) is 26.3 Å². The molecule has 3 aromatic heterocycles. The van der Waals surface area contributed by atoms with Gasteiger partial charge >= 0.3 is 12.4 Å². The van der Waals surface area contributed by atoms with E-state index in [0.29, 0.717) is 24.2 Å². The Morgan fingerprint density at radius 2 is 1.75 bits per heavy atom. The highest BCUT2D eigenvalue weighted by Gasteiger charge is 2.57. The number of aromatic amines is 1. The van der Waals surface area contributed by atoms with Gasteiger partial charge in [-0.1, -0.05) is 5.21 Å². The first-order valence-electron chi connectivity index (χ1n) is 8.71. The van der Waals surface area contributed by atoms with Gasteiger partial charge in [0.05, 0.1) is 5.69 Å². The molecule has 0 saturated heterocycles. The molecule has 0 bridgehead atoms. The van der Waals surface area contributed by atoms with Crippen LogP contribution in [0.2, 0.25) is 0 Å². The average molecular weight is 406 g/mol. The van der Waals surface area contributed by atoms with Gasteiger partial charge in [0.25, 0.3) is 0 Å². The van der Waals surface area contributed by atoms with Crippen LogP contribution in [-0.4, -0.2) is 49.2 Å². The Hall–Kier alpha value is -2.37. The van der Waals surface area contributed by atoms with Crippen LogP contribution in [0.1, 0.15) is 37.3 Å². The highest BCUT2D eigenvalue weighted by atomic mass is 19.4. The predicted octanol–water partition coefficient (Wildman–Crippen LogP) is 3.71. The van der Waals surface area contributed by atoms with Gasteiger partial charge in [0.2, 0.25) is 6.04 Å². The molecule has 1 saturated carbocycles. The van der Waals surface area contributed by atoms with Gasteiger partial charge in [-0.15, -0.1) is 5.10 Å². The Kier molecular flexibility index (Phi) is 4.47. The molecule has 3 heterocycles. The van der Waals surface area contributed by atoms with E-state index < -0.39 is 24.4 Å². The van der Waals surface area contributed by atoms with Crippen LogP contribution in [0, 0.1) is 0 Å². The lowest BCUT2D eigenvalue weighted by atomic mass is 9.83. The lowest BCUT2D eigenvalue weighted by Crippen LogP contribution is -2.56. The van der Waals surface area contributed by atoms with Crippen molar-refractivity contribution in [2.45, 2.75) is 56.0 Å². The first-order valence-corrected chi connectivity index (χ1v) is 8.71. The number of fused-ring (bicyclic) bond motifs is 3. The molecule has 0 aromatic carbocycles. The number of nitrogens with one attached hydrogen (secondary N) is 2. The molecule has 6 nitrogen and oxygen atoms in total. The Labute approximate surface area is 154 Å². The number of halogens is 6. The van der Waals surface area contributed by atoms with Crippen molar-refractivity contribution < 1.29 is 26.3 Å². The van der Waals surface area contributed by atoms with E-state index in [4.69, 9.17) is 0 Å². The molecule has 3 aromatic rings. The molecule has 1 fully saturated rings. The highest BCUT2D eigenvalue weighted by molar-refractivity contribution is 5.92. The smallest absolute Gasteiger partial charge is 0.346 e. The number of hydrogen-bond acceptors (Lipinski definition) is 4. The average Bonchev–Trinajstić information content (AvgIpc) is 3.24. The van der Waals surface area contributed by atoms with Crippen LogP contribution >= 0.6 is 0 Å². The second kappa shape index (κ2) is 6.61. The summed E-state index contributed by atoms with van der Waals surface area (Å²) >= 11 is 0. The third kappa shape index (κ3) is 3.40. The van der Waals surface area contributed by atoms with Crippen LogP contribution in [0.25, 0.3) is 16.6 Å². The summed E-state index contributed by atoms with van der Waals surface area (Å²) in [6.07, 6.45) is -6.32. The number of aromatic nitrogens is 5. The molecule has 1 aliphatic rings. The molecule has 152 valence electrons. The maximum absolute atomic E-state index is 12.8. The van der Waals surface area contributed by atoms with Crippen LogP contribution in [-0.2, 0) is 0 Å². The molecular weight excluding hydrogens is 390 g/mol. The van der Waals surface area contributed by atoms with Gasteiger partial charge in [-0.3, -0.25) is 5.32 Å². The predicted molar refractivity (Wildman–Crippen MR) is 86.7 cm³/mol. The quantitative estimate of drug-likeness (QED) is 0.651. The van der Waals surface area contributed by atoms with Crippen molar-refractivity contribution in [3.05, 3.63) is 24.3 Å². The zero-order valence-electron chi connectivity index (χ0n) is 14.3. The summed E-state index contributed by atoms with van der Waals surface area (Å²) in [6.45, 7) is 0. The van der Waals surface area contributed by atoms with Crippen molar-refractivity contribution in [1.82, 2.24) is 30.1 Å². The number of nitrogens with zero attached hydrogens (tertiary/aromatic N) is 4. The van der Waals surface area contributed by atoms with E-state index in [1.165, 1.54) is 10.8 Å². The van der Waals surface area contributed by atoms with E-state index in [1.807, 2.05) is 6.07 Å². The monoisotopic (exact) mass is 406 g/mol. The van der Waals surface area contributed by atoms with Crippen LogP contribution in [0.15, 0.2) is 18.6 Å². The van der Waals surface area contributed by atoms with Crippen LogP contribution in [0.3, 0.4) is 0 Å². The van der Waals surface area contributed by atoms with Gasteiger partial charge in [-0.25, -0.2) is 9.50 Å². The summed E-state index contributed by atoms with van der Waals surface area (Å²) in [6, 6.07) is -2.54. The Morgan fingerprint density at radius 1 is 1.07 bits per heavy atom. The second-order valence-corrected chi connectivity index (χ2v) is 6.98. The highest BCUT2D eigenvalue weighted by Crippen LogP contribution is 2.38. The van der Waals surface area contributed by atoms with Gasteiger partial charge in [0, 0.05) is 23.5 Å². The molecule has 1 aliphatic carbocycles. The molecule has 0 aliphatic heterocycles. The third-order valence-corrected chi connectivity index (χ3v) is 5.17. The minimum Gasteiger partial charge on any atom is -0.346 e.